The van der Waals surface area contributed by atoms with Crippen molar-refractivity contribution in [2.75, 3.05) is 6.54 Å². The van der Waals surface area contributed by atoms with E-state index in [2.05, 4.69) is 5.48 Å². The van der Waals surface area contributed by atoms with Crippen LogP contribution in [-0.2, 0) is 0 Å². The quantitative estimate of drug-likeness (QED) is 0.538. The molecule has 1 aromatic heterocycles. The largest absolute Gasteiger partial charge is 0.497 e. The number of nitrogens with one attached hydrogen (secondary N) is 1. The number of hydroxylamine groups is 1. The molecule has 0 spiro atoms. The Labute approximate surface area is 69.6 Å². The second-order valence-electron chi connectivity index (χ2n) is 2.09. The Morgan fingerprint density at radius 2 is 2.55 bits per heavy atom. The van der Waals surface area contributed by atoms with Crippen LogP contribution in [0.3, 0.4) is 0 Å². The van der Waals surface area contributed by atoms with Crippen molar-refractivity contribution in [1.29, 1.82) is 0 Å². The van der Waals surface area contributed by atoms with Crippen LogP contribution in [0.1, 0.15) is 13.3 Å². The first kappa shape index (κ1) is 8.36. The van der Waals surface area contributed by atoms with Gasteiger partial charge in [0, 0.05) is 6.54 Å². The molecule has 0 saturated heterocycles. The van der Waals surface area contributed by atoms with Crippen molar-refractivity contribution in [3.8, 4) is 10.8 Å². The highest BCUT2D eigenvalue weighted by Crippen LogP contribution is 2.30. The lowest BCUT2D eigenvalue weighted by Crippen LogP contribution is -2.18. The SMILES string of the molecule is CCCNOc1ccsc1O. The smallest absolute Gasteiger partial charge is 0.217 e. The third-order valence-electron chi connectivity index (χ3n) is 1.14. The Bertz CT molecular complexity index is 212. The summed E-state index contributed by atoms with van der Waals surface area (Å²) in [5, 5.41) is 11.1. The summed E-state index contributed by atoms with van der Waals surface area (Å²) in [5.41, 5.74) is 2.72. The predicted octanol–water partition coefficient (Wildman–Crippen LogP) is 1.75. The zero-order valence-corrected chi connectivity index (χ0v) is 7.15. The molecule has 1 aromatic rings. The Morgan fingerprint density at radius 3 is 3.09 bits per heavy atom. The summed E-state index contributed by atoms with van der Waals surface area (Å²) in [4.78, 5) is 5.03. The minimum absolute atomic E-state index is 0.216. The van der Waals surface area contributed by atoms with Gasteiger partial charge in [0.2, 0.25) is 5.06 Å². The third kappa shape index (κ3) is 2.40. The van der Waals surface area contributed by atoms with Crippen LogP contribution in [0.2, 0.25) is 0 Å². The summed E-state index contributed by atoms with van der Waals surface area (Å²) >= 11 is 1.25. The van der Waals surface area contributed by atoms with Crippen LogP contribution in [0.4, 0.5) is 0 Å². The Balaban J connectivity index is 2.32. The van der Waals surface area contributed by atoms with Crippen LogP contribution >= 0.6 is 11.3 Å². The van der Waals surface area contributed by atoms with Gasteiger partial charge in [-0.25, -0.2) is 0 Å². The molecule has 1 rings (SSSR count). The number of aromatic hydroxyl groups is 1. The molecule has 0 saturated carbocycles. The molecule has 0 atom stereocenters. The number of hydrogen-bond acceptors (Lipinski definition) is 4. The number of rotatable bonds is 4. The third-order valence-corrected chi connectivity index (χ3v) is 1.84. The number of hydrogen-bond donors (Lipinski definition) is 2. The highest BCUT2D eigenvalue weighted by Gasteiger charge is 2.01. The van der Waals surface area contributed by atoms with Gasteiger partial charge < -0.3 is 9.94 Å². The van der Waals surface area contributed by atoms with Crippen molar-refractivity contribution in [3.05, 3.63) is 11.4 Å². The molecule has 0 bridgehead atoms. The first-order valence-electron chi connectivity index (χ1n) is 3.50. The monoisotopic (exact) mass is 173 g/mol. The highest BCUT2D eigenvalue weighted by atomic mass is 32.1. The van der Waals surface area contributed by atoms with E-state index in [9.17, 15) is 0 Å². The maximum absolute atomic E-state index is 9.10. The van der Waals surface area contributed by atoms with E-state index in [4.69, 9.17) is 9.94 Å². The zero-order valence-electron chi connectivity index (χ0n) is 6.33. The maximum Gasteiger partial charge on any atom is 0.217 e. The molecule has 0 radical (unpaired) electrons. The van der Waals surface area contributed by atoms with E-state index in [1.807, 2.05) is 6.92 Å². The molecule has 0 aromatic carbocycles. The molecule has 2 N–H and O–H groups in total. The number of thiophene rings is 1. The fraction of sp³-hybridized carbons (Fsp3) is 0.429. The summed E-state index contributed by atoms with van der Waals surface area (Å²) < 4.78 is 0. The van der Waals surface area contributed by atoms with Crippen molar-refractivity contribution in [2.24, 2.45) is 0 Å². The molecule has 0 unspecified atom stereocenters. The lowest BCUT2D eigenvalue weighted by molar-refractivity contribution is 0.190. The molecule has 3 nitrogen and oxygen atoms in total. The van der Waals surface area contributed by atoms with E-state index in [-0.39, 0.29) is 5.06 Å². The summed E-state index contributed by atoms with van der Waals surface area (Å²) in [5.74, 6) is 0.503. The van der Waals surface area contributed by atoms with Gasteiger partial charge in [0.1, 0.15) is 0 Å². The fourth-order valence-electron chi connectivity index (χ4n) is 0.598. The molecule has 0 aliphatic carbocycles. The maximum atomic E-state index is 9.10. The molecule has 1 heterocycles. The minimum Gasteiger partial charge on any atom is -0.497 e. The highest BCUT2D eigenvalue weighted by molar-refractivity contribution is 7.12. The molecule has 0 aliphatic rings. The molecule has 0 fully saturated rings. The zero-order chi connectivity index (χ0) is 8.10. The molecule has 0 amide bonds. The first-order chi connectivity index (χ1) is 5.34. The minimum atomic E-state index is 0.216. The van der Waals surface area contributed by atoms with Crippen molar-refractivity contribution in [1.82, 2.24) is 5.48 Å². The van der Waals surface area contributed by atoms with Crippen LogP contribution in [0.15, 0.2) is 11.4 Å². The second kappa shape index (κ2) is 4.20. The lowest BCUT2D eigenvalue weighted by atomic mass is 10.5. The lowest BCUT2D eigenvalue weighted by Gasteiger charge is -2.02. The van der Waals surface area contributed by atoms with E-state index in [1.165, 1.54) is 11.3 Å². The first-order valence-corrected chi connectivity index (χ1v) is 4.38. The van der Waals surface area contributed by atoms with Crippen molar-refractivity contribution in [2.45, 2.75) is 13.3 Å². The van der Waals surface area contributed by atoms with Crippen LogP contribution in [-0.4, -0.2) is 11.7 Å². The van der Waals surface area contributed by atoms with E-state index in [1.54, 1.807) is 11.4 Å². The Morgan fingerprint density at radius 1 is 1.73 bits per heavy atom. The van der Waals surface area contributed by atoms with Gasteiger partial charge in [0.15, 0.2) is 5.75 Å². The van der Waals surface area contributed by atoms with Crippen LogP contribution in [0.25, 0.3) is 0 Å². The van der Waals surface area contributed by atoms with E-state index in [0.717, 1.165) is 13.0 Å². The van der Waals surface area contributed by atoms with Gasteiger partial charge in [-0.05, 0) is 17.9 Å². The second-order valence-corrected chi connectivity index (χ2v) is 2.98. The van der Waals surface area contributed by atoms with Gasteiger partial charge >= 0.3 is 0 Å². The average molecular weight is 173 g/mol. The molecule has 62 valence electrons. The van der Waals surface area contributed by atoms with Gasteiger partial charge in [-0.15, -0.1) is 11.3 Å². The fourth-order valence-corrected chi connectivity index (χ4v) is 1.14. The Hall–Kier alpha value is -0.740. The van der Waals surface area contributed by atoms with Crippen molar-refractivity contribution in [3.63, 3.8) is 0 Å². The predicted molar refractivity (Wildman–Crippen MR) is 44.9 cm³/mol. The normalized spacial score (nSPS) is 9.91. The van der Waals surface area contributed by atoms with Gasteiger partial charge in [-0.2, -0.15) is 5.48 Å². The van der Waals surface area contributed by atoms with Gasteiger partial charge in [0.05, 0.1) is 0 Å². The average Bonchev–Trinajstić information content (AvgIpc) is 2.37. The van der Waals surface area contributed by atoms with Crippen LogP contribution in [0, 0.1) is 0 Å². The van der Waals surface area contributed by atoms with E-state index in [0.29, 0.717) is 5.75 Å². The van der Waals surface area contributed by atoms with E-state index < -0.39 is 0 Å². The molecular formula is C7H11NO2S. The van der Waals surface area contributed by atoms with Gasteiger partial charge in [-0.1, -0.05) is 6.92 Å². The molecule has 4 heteroatoms. The molecule has 0 aliphatic heterocycles. The topological polar surface area (TPSA) is 41.5 Å². The van der Waals surface area contributed by atoms with Gasteiger partial charge in [-0.3, -0.25) is 0 Å². The van der Waals surface area contributed by atoms with Crippen molar-refractivity contribution >= 4 is 11.3 Å². The van der Waals surface area contributed by atoms with Crippen LogP contribution in [0.5, 0.6) is 10.8 Å². The summed E-state index contributed by atoms with van der Waals surface area (Å²) in [7, 11) is 0. The van der Waals surface area contributed by atoms with Gasteiger partial charge in [0.25, 0.3) is 0 Å². The van der Waals surface area contributed by atoms with Crippen molar-refractivity contribution < 1.29 is 9.94 Å². The van der Waals surface area contributed by atoms with E-state index >= 15 is 0 Å². The summed E-state index contributed by atoms with van der Waals surface area (Å²) in [6, 6.07) is 1.72. The molecule has 11 heavy (non-hydrogen) atoms. The van der Waals surface area contributed by atoms with Crippen LogP contribution < -0.4 is 10.3 Å². The summed E-state index contributed by atoms with van der Waals surface area (Å²) in [6.45, 7) is 2.83. The molecular weight excluding hydrogens is 162 g/mol. The standard InChI is InChI=1S/C7H11NO2S/c1-2-4-8-10-6-3-5-11-7(6)9/h3,5,8-9H,2,4H2,1H3. The Kier molecular flexibility index (Phi) is 3.19. The summed E-state index contributed by atoms with van der Waals surface area (Å²) in [6.07, 6.45) is 1.00.